The monoisotopic (exact) mass is 321 g/mol. The molecule has 2 fully saturated rings. The van der Waals surface area contributed by atoms with Gasteiger partial charge >= 0.3 is 11.7 Å². The molecule has 2 heterocycles. The van der Waals surface area contributed by atoms with Gasteiger partial charge in [-0.25, -0.2) is 9.59 Å². The minimum atomic E-state index is -1.05. The minimum Gasteiger partial charge on any atom is -0.480 e. The van der Waals surface area contributed by atoms with Crippen LogP contribution in [0, 0.1) is 5.92 Å². The van der Waals surface area contributed by atoms with E-state index in [1.54, 1.807) is 0 Å². The zero-order chi connectivity index (χ0) is 16.7. The van der Waals surface area contributed by atoms with Gasteiger partial charge in [-0.15, -0.1) is 0 Å². The molecule has 8 nitrogen and oxygen atoms in total. The van der Waals surface area contributed by atoms with E-state index >= 15 is 0 Å². The lowest BCUT2D eigenvalue weighted by Crippen LogP contribution is -2.49. The molecule has 3 atom stereocenters. The Morgan fingerprint density at radius 3 is 2.65 bits per heavy atom. The van der Waals surface area contributed by atoms with E-state index in [9.17, 15) is 24.3 Å². The molecule has 1 saturated carbocycles. The Bertz CT molecular complexity index is 765. The number of nitrogens with zero attached hydrogens (tertiary/aromatic N) is 2. The van der Waals surface area contributed by atoms with E-state index in [1.807, 2.05) is 0 Å². The zero-order valence-electron chi connectivity index (χ0n) is 12.8. The summed E-state index contributed by atoms with van der Waals surface area (Å²) in [6.45, 7) is 0. The van der Waals surface area contributed by atoms with E-state index < -0.39 is 29.2 Å². The number of aliphatic carboxylic acids is 1. The lowest BCUT2D eigenvalue weighted by atomic mass is 9.84. The van der Waals surface area contributed by atoms with Crippen LogP contribution in [0.4, 0.5) is 0 Å². The molecule has 0 radical (unpaired) electrons. The van der Waals surface area contributed by atoms with Gasteiger partial charge in [-0.05, 0) is 25.2 Å². The van der Waals surface area contributed by atoms with Gasteiger partial charge in [-0.3, -0.25) is 14.2 Å². The van der Waals surface area contributed by atoms with Gasteiger partial charge < -0.3 is 15.0 Å². The number of carbonyl (C=O) groups is 2. The van der Waals surface area contributed by atoms with E-state index in [1.165, 1.54) is 11.9 Å². The summed E-state index contributed by atoms with van der Waals surface area (Å²) in [5, 5.41) is 9.46. The highest BCUT2D eigenvalue weighted by molar-refractivity contribution is 5.96. The van der Waals surface area contributed by atoms with Crippen molar-refractivity contribution in [2.75, 3.05) is 0 Å². The maximum atomic E-state index is 12.8. The Morgan fingerprint density at radius 2 is 1.96 bits per heavy atom. The third kappa shape index (κ3) is 2.47. The van der Waals surface area contributed by atoms with Crippen molar-refractivity contribution < 1.29 is 14.7 Å². The van der Waals surface area contributed by atoms with Gasteiger partial charge in [-0.2, -0.15) is 0 Å². The van der Waals surface area contributed by atoms with Crippen molar-refractivity contribution >= 4 is 11.9 Å². The topological polar surface area (TPSA) is 112 Å². The smallest absolute Gasteiger partial charge is 0.328 e. The number of hydrogen-bond acceptors (Lipinski definition) is 4. The van der Waals surface area contributed by atoms with Crippen LogP contribution in [0.2, 0.25) is 0 Å². The number of aromatic amines is 1. The summed E-state index contributed by atoms with van der Waals surface area (Å²) in [7, 11) is 1.28. The first-order valence-corrected chi connectivity index (χ1v) is 7.76. The Morgan fingerprint density at radius 1 is 1.26 bits per heavy atom. The molecule has 8 heteroatoms. The van der Waals surface area contributed by atoms with Crippen LogP contribution in [0.3, 0.4) is 0 Å². The molecule has 23 heavy (non-hydrogen) atoms. The van der Waals surface area contributed by atoms with E-state index in [2.05, 4.69) is 4.98 Å². The number of rotatable bonds is 2. The van der Waals surface area contributed by atoms with Crippen molar-refractivity contribution in [2.24, 2.45) is 13.0 Å². The second kappa shape index (κ2) is 5.68. The summed E-state index contributed by atoms with van der Waals surface area (Å²) in [6.07, 6.45) is 5.15. The number of carboxylic acids is 1. The van der Waals surface area contributed by atoms with Crippen LogP contribution < -0.4 is 11.2 Å². The average Bonchev–Trinajstić information content (AvgIpc) is 2.92. The molecule has 0 spiro atoms. The number of nitrogens with one attached hydrogen (secondary N) is 1. The van der Waals surface area contributed by atoms with Gasteiger partial charge in [0.15, 0.2) is 0 Å². The van der Waals surface area contributed by atoms with Crippen LogP contribution in [0.1, 0.15) is 42.5 Å². The zero-order valence-corrected chi connectivity index (χ0v) is 12.8. The van der Waals surface area contributed by atoms with E-state index in [4.69, 9.17) is 0 Å². The molecule has 1 aliphatic heterocycles. The first-order valence-electron chi connectivity index (χ1n) is 7.76. The number of H-pyrrole nitrogens is 1. The van der Waals surface area contributed by atoms with Gasteiger partial charge in [0.2, 0.25) is 0 Å². The largest absolute Gasteiger partial charge is 0.480 e. The number of amides is 1. The lowest BCUT2D eigenvalue weighted by molar-refractivity contribution is -0.141. The van der Waals surface area contributed by atoms with E-state index in [0.29, 0.717) is 6.42 Å². The number of aromatic nitrogens is 2. The number of carboxylic acid groups (broad SMARTS) is 1. The van der Waals surface area contributed by atoms with Gasteiger partial charge in [0.1, 0.15) is 11.6 Å². The number of hydrogen-bond donors (Lipinski definition) is 2. The maximum absolute atomic E-state index is 12.8. The molecule has 3 rings (SSSR count). The third-order valence-corrected chi connectivity index (χ3v) is 5.02. The molecule has 0 aromatic carbocycles. The first-order chi connectivity index (χ1) is 10.9. The Balaban J connectivity index is 2.02. The van der Waals surface area contributed by atoms with Gasteiger partial charge in [-0.1, -0.05) is 12.8 Å². The number of carbonyl (C=O) groups excluding carboxylic acids is 1. The summed E-state index contributed by atoms with van der Waals surface area (Å²) >= 11 is 0. The van der Waals surface area contributed by atoms with Gasteiger partial charge in [0.05, 0.1) is 0 Å². The number of fused-ring (bicyclic) bond motifs is 1. The number of likely N-dealkylation sites (tertiary alicyclic amines) is 1. The lowest BCUT2D eigenvalue weighted by Gasteiger charge is -2.32. The normalized spacial score (nSPS) is 26.8. The molecule has 2 aliphatic rings. The highest BCUT2D eigenvalue weighted by atomic mass is 16.4. The highest BCUT2D eigenvalue weighted by Crippen LogP contribution is 2.40. The quantitative estimate of drug-likeness (QED) is 0.792. The van der Waals surface area contributed by atoms with Crippen LogP contribution in [-0.2, 0) is 11.8 Å². The van der Waals surface area contributed by atoms with Gasteiger partial charge in [0, 0.05) is 19.3 Å². The van der Waals surface area contributed by atoms with Crippen LogP contribution in [0.5, 0.6) is 0 Å². The Labute approximate surface area is 131 Å². The Hall–Kier alpha value is -2.38. The molecule has 0 bridgehead atoms. The van der Waals surface area contributed by atoms with Gasteiger partial charge in [0.25, 0.3) is 11.5 Å². The molecule has 1 amide bonds. The second-order valence-electron chi connectivity index (χ2n) is 6.29. The Kier molecular flexibility index (Phi) is 3.83. The summed E-state index contributed by atoms with van der Waals surface area (Å²) in [4.78, 5) is 51.7. The molecular formula is C15H19N3O5. The fourth-order valence-corrected chi connectivity index (χ4v) is 3.83. The van der Waals surface area contributed by atoms with Crippen LogP contribution in [-0.4, -0.2) is 43.5 Å². The SMILES string of the molecule is Cn1c(=O)[nH]cc(C(=O)N2[C@H](C(=O)O)C[C@H]3CCCC[C@@H]32)c1=O. The van der Waals surface area contributed by atoms with Crippen LogP contribution in [0.15, 0.2) is 15.8 Å². The summed E-state index contributed by atoms with van der Waals surface area (Å²) in [6, 6.07) is -1.05. The molecule has 2 N–H and O–H groups in total. The molecule has 1 aromatic rings. The van der Waals surface area contributed by atoms with Crippen molar-refractivity contribution in [1.29, 1.82) is 0 Å². The van der Waals surface area contributed by atoms with E-state index in [-0.39, 0.29) is 17.5 Å². The average molecular weight is 321 g/mol. The molecule has 1 saturated heterocycles. The van der Waals surface area contributed by atoms with Crippen molar-refractivity contribution in [3.05, 3.63) is 32.6 Å². The summed E-state index contributed by atoms with van der Waals surface area (Å²) in [5.41, 5.74) is -1.51. The van der Waals surface area contributed by atoms with Crippen molar-refractivity contribution in [3.8, 4) is 0 Å². The predicted octanol–water partition coefficient (Wildman–Crippen LogP) is -0.0685. The first kappa shape index (κ1) is 15.5. The standard InChI is InChI=1S/C15H19N3O5/c1-17-12(19)9(7-16-15(17)23)13(20)18-10-5-3-2-4-8(10)6-11(18)14(21)22/h7-8,10-11H,2-6H2,1H3,(H,16,23)(H,21,22)/t8-,10+,11+/m1/s1. The highest BCUT2D eigenvalue weighted by Gasteiger charge is 2.48. The van der Waals surface area contributed by atoms with Crippen molar-refractivity contribution in [1.82, 2.24) is 14.5 Å². The molecule has 124 valence electrons. The molecular weight excluding hydrogens is 302 g/mol. The fourth-order valence-electron chi connectivity index (χ4n) is 3.83. The molecule has 1 aliphatic carbocycles. The van der Waals surface area contributed by atoms with E-state index in [0.717, 1.165) is 36.4 Å². The fraction of sp³-hybridized carbons (Fsp3) is 0.600. The third-order valence-electron chi connectivity index (χ3n) is 5.02. The second-order valence-corrected chi connectivity index (χ2v) is 6.29. The summed E-state index contributed by atoms with van der Waals surface area (Å²) < 4.78 is 0.817. The molecule has 1 aromatic heterocycles. The van der Waals surface area contributed by atoms with Crippen LogP contribution in [0.25, 0.3) is 0 Å². The van der Waals surface area contributed by atoms with Crippen LogP contribution >= 0.6 is 0 Å². The van der Waals surface area contributed by atoms with Crippen molar-refractivity contribution in [3.63, 3.8) is 0 Å². The minimum absolute atomic E-state index is 0.144. The van der Waals surface area contributed by atoms with Crippen molar-refractivity contribution in [2.45, 2.75) is 44.2 Å². The molecule has 0 unspecified atom stereocenters. The predicted molar refractivity (Wildman–Crippen MR) is 80.3 cm³/mol. The maximum Gasteiger partial charge on any atom is 0.328 e. The summed E-state index contributed by atoms with van der Waals surface area (Å²) in [5.74, 6) is -1.49.